The lowest BCUT2D eigenvalue weighted by Gasteiger charge is -2.29. The number of pyridine rings is 1. The molecule has 12 heteroatoms. The van der Waals surface area contributed by atoms with E-state index >= 15 is 0 Å². The molecule has 0 atom stereocenters. The van der Waals surface area contributed by atoms with E-state index in [-0.39, 0.29) is 24.6 Å². The van der Waals surface area contributed by atoms with Gasteiger partial charge in [0.1, 0.15) is 11.6 Å². The molecule has 10 nitrogen and oxygen atoms in total. The second kappa shape index (κ2) is 9.51. The van der Waals surface area contributed by atoms with Crippen molar-refractivity contribution in [3.63, 3.8) is 0 Å². The first-order chi connectivity index (χ1) is 15.5. The summed E-state index contributed by atoms with van der Waals surface area (Å²) in [6, 6.07) is 4.93. The molecule has 0 aromatic carbocycles. The van der Waals surface area contributed by atoms with Gasteiger partial charge in [-0.05, 0) is 19.8 Å². The molecule has 0 radical (unpaired) electrons. The number of aryl methyl sites for hydroxylation is 1. The number of halogens is 2. The van der Waals surface area contributed by atoms with Crippen LogP contribution < -0.4 is 15.5 Å². The first-order valence-corrected chi connectivity index (χ1v) is 10.2. The lowest BCUT2D eigenvalue weighted by Crippen LogP contribution is -2.34. The van der Waals surface area contributed by atoms with E-state index in [0.717, 1.165) is 30.8 Å². The molecule has 32 heavy (non-hydrogen) atoms. The van der Waals surface area contributed by atoms with Gasteiger partial charge in [0.2, 0.25) is 17.8 Å². The minimum absolute atomic E-state index is 0.0356. The Kier molecular flexibility index (Phi) is 6.34. The van der Waals surface area contributed by atoms with Gasteiger partial charge >= 0.3 is 0 Å². The summed E-state index contributed by atoms with van der Waals surface area (Å²) in [6.07, 6.45) is 2.68. The van der Waals surface area contributed by atoms with Crippen LogP contribution in [0.3, 0.4) is 0 Å². The summed E-state index contributed by atoms with van der Waals surface area (Å²) in [5.41, 5.74) is 1.03. The molecular formula is C20H22F2N10. The van der Waals surface area contributed by atoms with Crippen molar-refractivity contribution in [2.45, 2.75) is 26.2 Å². The number of hydrogen-bond donors (Lipinski definition) is 3. The maximum Gasteiger partial charge on any atom is 0.235 e. The Balaban J connectivity index is 1.50. The first kappa shape index (κ1) is 21.4. The summed E-state index contributed by atoms with van der Waals surface area (Å²) in [6.45, 7) is 3.49. The van der Waals surface area contributed by atoms with E-state index in [1.54, 1.807) is 0 Å². The van der Waals surface area contributed by atoms with Crippen molar-refractivity contribution in [1.29, 1.82) is 5.26 Å². The Hall–Kier alpha value is -3.88. The standard InChI is InChI=1S/C20H22F2N10/c1-12-8-17(31-30-12)26-19-27-18(24-5-2-16-15(22)9-14(21)11-25-16)28-20(29-19)32-6-3-13(10-23)4-7-32/h8-9,11,13H,2-7H2,1H3,(H3,24,26,27,28,29,30,31). The molecule has 1 fully saturated rings. The second-order valence-corrected chi connectivity index (χ2v) is 7.49. The summed E-state index contributed by atoms with van der Waals surface area (Å²) in [5.74, 6) is 0.261. The highest BCUT2D eigenvalue weighted by Gasteiger charge is 2.22. The van der Waals surface area contributed by atoms with Crippen LogP contribution in [0.1, 0.15) is 24.2 Å². The fraction of sp³-hybridized carbons (Fsp3) is 0.400. The van der Waals surface area contributed by atoms with Crippen molar-refractivity contribution in [3.8, 4) is 6.07 Å². The summed E-state index contributed by atoms with van der Waals surface area (Å²) in [5, 5.41) is 22.2. The van der Waals surface area contributed by atoms with E-state index in [9.17, 15) is 8.78 Å². The number of nitriles is 1. The number of nitrogens with one attached hydrogen (secondary N) is 3. The SMILES string of the molecule is Cc1cc(Nc2nc(NCCc3ncc(F)cc3F)nc(N3CCC(C#N)CC3)n2)n[nH]1. The molecule has 3 aromatic rings. The molecule has 3 N–H and O–H groups in total. The molecule has 0 spiro atoms. The van der Waals surface area contributed by atoms with Gasteiger partial charge in [-0.2, -0.15) is 25.3 Å². The average molecular weight is 440 g/mol. The highest BCUT2D eigenvalue weighted by Crippen LogP contribution is 2.23. The van der Waals surface area contributed by atoms with Gasteiger partial charge in [-0.15, -0.1) is 0 Å². The van der Waals surface area contributed by atoms with Gasteiger partial charge in [0, 0.05) is 49.8 Å². The zero-order valence-electron chi connectivity index (χ0n) is 17.4. The number of hydrogen-bond acceptors (Lipinski definition) is 9. The third kappa shape index (κ3) is 5.23. The van der Waals surface area contributed by atoms with Crippen LogP contribution in [0.5, 0.6) is 0 Å². The fourth-order valence-corrected chi connectivity index (χ4v) is 3.37. The van der Waals surface area contributed by atoms with E-state index in [2.05, 4.69) is 46.8 Å². The molecule has 0 unspecified atom stereocenters. The van der Waals surface area contributed by atoms with E-state index in [4.69, 9.17) is 5.26 Å². The van der Waals surface area contributed by atoms with Crippen LogP contribution in [0.2, 0.25) is 0 Å². The van der Waals surface area contributed by atoms with Crippen LogP contribution in [-0.4, -0.2) is 49.8 Å². The van der Waals surface area contributed by atoms with Crippen molar-refractivity contribution in [2.24, 2.45) is 5.92 Å². The number of aromatic nitrogens is 6. The van der Waals surface area contributed by atoms with Crippen molar-refractivity contribution in [3.05, 3.63) is 41.4 Å². The smallest absolute Gasteiger partial charge is 0.235 e. The highest BCUT2D eigenvalue weighted by molar-refractivity contribution is 5.52. The monoisotopic (exact) mass is 440 g/mol. The molecule has 166 valence electrons. The molecule has 4 rings (SSSR count). The van der Waals surface area contributed by atoms with Gasteiger partial charge in [0.25, 0.3) is 0 Å². The van der Waals surface area contributed by atoms with Gasteiger partial charge in [0.05, 0.1) is 18.0 Å². The molecule has 1 saturated heterocycles. The normalized spacial score (nSPS) is 14.2. The summed E-state index contributed by atoms with van der Waals surface area (Å²) < 4.78 is 26.9. The van der Waals surface area contributed by atoms with Crippen molar-refractivity contribution in [1.82, 2.24) is 30.1 Å². The molecule has 1 aliphatic heterocycles. The lowest BCUT2D eigenvalue weighted by molar-refractivity contribution is 0.482. The molecule has 0 amide bonds. The number of rotatable bonds is 7. The third-order valence-electron chi connectivity index (χ3n) is 5.06. The van der Waals surface area contributed by atoms with E-state index in [1.165, 1.54) is 0 Å². The molecule has 0 bridgehead atoms. The number of nitrogens with zero attached hydrogens (tertiary/aromatic N) is 7. The Morgan fingerprint density at radius 3 is 2.66 bits per heavy atom. The Labute approximate surface area is 183 Å². The van der Waals surface area contributed by atoms with Gasteiger partial charge in [0.15, 0.2) is 5.82 Å². The fourth-order valence-electron chi connectivity index (χ4n) is 3.37. The van der Waals surface area contributed by atoms with Crippen LogP contribution in [0.4, 0.5) is 32.4 Å². The van der Waals surface area contributed by atoms with E-state index in [1.807, 2.05) is 17.9 Å². The zero-order chi connectivity index (χ0) is 22.5. The van der Waals surface area contributed by atoms with Crippen molar-refractivity contribution >= 4 is 23.7 Å². The van der Waals surface area contributed by atoms with Gasteiger partial charge in [-0.1, -0.05) is 0 Å². The van der Waals surface area contributed by atoms with Crippen LogP contribution >= 0.6 is 0 Å². The molecular weight excluding hydrogens is 418 g/mol. The number of piperidine rings is 1. The van der Waals surface area contributed by atoms with Gasteiger partial charge in [-0.3, -0.25) is 10.1 Å². The van der Waals surface area contributed by atoms with E-state index < -0.39 is 11.6 Å². The predicted molar refractivity (Wildman–Crippen MR) is 113 cm³/mol. The number of anilines is 4. The molecule has 0 aliphatic carbocycles. The van der Waals surface area contributed by atoms with E-state index in [0.29, 0.717) is 36.8 Å². The first-order valence-electron chi connectivity index (χ1n) is 10.2. The molecule has 4 heterocycles. The van der Waals surface area contributed by atoms with Gasteiger partial charge in [-0.25, -0.2) is 8.78 Å². The largest absolute Gasteiger partial charge is 0.354 e. The Morgan fingerprint density at radius 2 is 1.97 bits per heavy atom. The predicted octanol–water partition coefficient (Wildman–Crippen LogP) is 2.71. The number of aromatic amines is 1. The quantitative estimate of drug-likeness (QED) is 0.507. The third-order valence-corrected chi connectivity index (χ3v) is 5.06. The maximum absolute atomic E-state index is 13.8. The highest BCUT2D eigenvalue weighted by atomic mass is 19.1. The Morgan fingerprint density at radius 1 is 1.19 bits per heavy atom. The molecule has 1 aliphatic rings. The maximum atomic E-state index is 13.8. The molecule has 3 aromatic heterocycles. The van der Waals surface area contributed by atoms with Crippen LogP contribution in [0.25, 0.3) is 0 Å². The second-order valence-electron chi connectivity index (χ2n) is 7.49. The van der Waals surface area contributed by atoms with Crippen LogP contribution in [-0.2, 0) is 6.42 Å². The summed E-state index contributed by atoms with van der Waals surface area (Å²) in [7, 11) is 0. The van der Waals surface area contributed by atoms with Crippen molar-refractivity contribution in [2.75, 3.05) is 35.2 Å². The minimum atomic E-state index is -0.717. The average Bonchev–Trinajstić information content (AvgIpc) is 3.19. The van der Waals surface area contributed by atoms with Crippen LogP contribution in [0.15, 0.2) is 18.3 Å². The van der Waals surface area contributed by atoms with Gasteiger partial charge < -0.3 is 15.5 Å². The minimum Gasteiger partial charge on any atom is -0.354 e. The van der Waals surface area contributed by atoms with Crippen LogP contribution in [0, 0.1) is 35.8 Å². The molecule has 0 saturated carbocycles. The summed E-state index contributed by atoms with van der Waals surface area (Å²) in [4.78, 5) is 19.2. The lowest BCUT2D eigenvalue weighted by atomic mass is 9.99. The zero-order valence-corrected chi connectivity index (χ0v) is 17.4. The van der Waals surface area contributed by atoms with Crippen molar-refractivity contribution < 1.29 is 8.78 Å². The topological polar surface area (TPSA) is 131 Å². The summed E-state index contributed by atoms with van der Waals surface area (Å²) >= 11 is 0. The Bertz CT molecular complexity index is 1120. The number of H-pyrrole nitrogens is 1.